The molecule has 2 N–H and O–H groups in total. The number of nitrogens with zero attached hydrogens (tertiary/aromatic N) is 1. The van der Waals surface area contributed by atoms with Crippen LogP contribution in [0, 0.1) is 11.3 Å². The first-order chi connectivity index (χ1) is 6.72. The number of hydrogen-bond donors (Lipinski definition) is 1. The third-order valence-electron chi connectivity index (χ3n) is 1.62. The molecule has 0 bridgehead atoms. The lowest BCUT2D eigenvalue weighted by atomic mass is 10.2. The topological polar surface area (TPSA) is 59.0 Å². The Morgan fingerprint density at radius 2 is 2.36 bits per heavy atom. The molecule has 0 unspecified atom stereocenters. The van der Waals surface area contributed by atoms with Crippen molar-refractivity contribution >= 4 is 11.6 Å². The molecule has 0 spiro atoms. The predicted octanol–water partition coefficient (Wildman–Crippen LogP) is 1.71. The largest absolute Gasteiger partial charge is 0.374 e. The minimum absolute atomic E-state index is 0.239. The first-order valence-corrected chi connectivity index (χ1v) is 4.57. The van der Waals surface area contributed by atoms with Gasteiger partial charge in [0, 0.05) is 5.02 Å². The molecule has 1 rings (SSSR count). The summed E-state index contributed by atoms with van der Waals surface area (Å²) in [6.07, 6.45) is 0. The fourth-order valence-corrected chi connectivity index (χ4v) is 1.18. The van der Waals surface area contributed by atoms with Crippen molar-refractivity contribution in [1.82, 2.24) is 0 Å². The Kier molecular flexibility index (Phi) is 4.41. The van der Waals surface area contributed by atoms with Gasteiger partial charge in [-0.05, 0) is 17.7 Å². The molecule has 1 atom stereocenters. The van der Waals surface area contributed by atoms with E-state index in [9.17, 15) is 0 Å². The van der Waals surface area contributed by atoms with E-state index < -0.39 is 6.04 Å². The molecule has 0 fully saturated rings. The van der Waals surface area contributed by atoms with Gasteiger partial charge in [0.25, 0.3) is 0 Å². The van der Waals surface area contributed by atoms with Gasteiger partial charge >= 0.3 is 0 Å². The number of rotatable bonds is 4. The lowest BCUT2D eigenvalue weighted by Crippen LogP contribution is -2.23. The molecule has 0 aromatic heterocycles. The molecule has 74 valence electrons. The monoisotopic (exact) mass is 210 g/mol. The van der Waals surface area contributed by atoms with Crippen molar-refractivity contribution < 1.29 is 4.74 Å². The molecule has 0 amide bonds. The van der Waals surface area contributed by atoms with Gasteiger partial charge < -0.3 is 10.5 Å². The highest BCUT2D eigenvalue weighted by molar-refractivity contribution is 6.30. The van der Waals surface area contributed by atoms with Gasteiger partial charge in [0.1, 0.15) is 6.04 Å². The van der Waals surface area contributed by atoms with E-state index in [1.54, 1.807) is 6.07 Å². The number of hydrogen-bond acceptors (Lipinski definition) is 3. The van der Waals surface area contributed by atoms with Crippen LogP contribution in [0.25, 0.3) is 0 Å². The number of ether oxygens (including phenoxy) is 1. The third-order valence-corrected chi connectivity index (χ3v) is 1.86. The maximum Gasteiger partial charge on any atom is 0.116 e. The molecule has 0 aliphatic heterocycles. The average molecular weight is 211 g/mol. The molecule has 0 aliphatic carbocycles. The van der Waals surface area contributed by atoms with Gasteiger partial charge in [-0.1, -0.05) is 23.7 Å². The summed E-state index contributed by atoms with van der Waals surface area (Å²) < 4.78 is 5.22. The van der Waals surface area contributed by atoms with Crippen LogP contribution in [0.1, 0.15) is 5.56 Å². The SMILES string of the molecule is N#C[C@@H](N)COCc1cccc(Cl)c1. The highest BCUT2D eigenvalue weighted by Crippen LogP contribution is 2.11. The van der Waals surface area contributed by atoms with E-state index in [0.717, 1.165) is 5.56 Å². The van der Waals surface area contributed by atoms with Crippen molar-refractivity contribution in [3.05, 3.63) is 34.9 Å². The van der Waals surface area contributed by atoms with E-state index in [-0.39, 0.29) is 6.61 Å². The van der Waals surface area contributed by atoms with Crippen LogP contribution in [0.15, 0.2) is 24.3 Å². The fourth-order valence-electron chi connectivity index (χ4n) is 0.968. The summed E-state index contributed by atoms with van der Waals surface area (Å²) in [7, 11) is 0. The lowest BCUT2D eigenvalue weighted by Gasteiger charge is -2.05. The summed E-state index contributed by atoms with van der Waals surface area (Å²) >= 11 is 5.78. The molecule has 4 heteroatoms. The Morgan fingerprint density at radius 3 is 3.00 bits per heavy atom. The number of halogens is 1. The van der Waals surface area contributed by atoms with Crippen LogP contribution >= 0.6 is 11.6 Å². The van der Waals surface area contributed by atoms with Crippen molar-refractivity contribution in [3.8, 4) is 6.07 Å². The standard InChI is InChI=1S/C10H11ClN2O/c11-9-3-1-2-8(4-9)6-14-7-10(13)5-12/h1-4,10H,6-7,13H2/t10-/m1/s1. The zero-order chi connectivity index (χ0) is 10.4. The van der Waals surface area contributed by atoms with Crippen molar-refractivity contribution in [2.24, 2.45) is 5.73 Å². The van der Waals surface area contributed by atoms with Crippen molar-refractivity contribution in [1.29, 1.82) is 5.26 Å². The van der Waals surface area contributed by atoms with E-state index >= 15 is 0 Å². The smallest absolute Gasteiger partial charge is 0.116 e. The summed E-state index contributed by atoms with van der Waals surface area (Å²) in [5.41, 5.74) is 6.33. The second kappa shape index (κ2) is 5.61. The van der Waals surface area contributed by atoms with E-state index in [1.165, 1.54) is 0 Å². The van der Waals surface area contributed by atoms with Gasteiger partial charge in [0.2, 0.25) is 0 Å². The summed E-state index contributed by atoms with van der Waals surface area (Å²) in [6.45, 7) is 0.666. The molecule has 1 aromatic rings. The van der Waals surface area contributed by atoms with Crippen LogP contribution in [0.5, 0.6) is 0 Å². The molecular weight excluding hydrogens is 200 g/mol. The first kappa shape index (κ1) is 11.0. The van der Waals surface area contributed by atoms with Crippen LogP contribution in [0.4, 0.5) is 0 Å². The van der Waals surface area contributed by atoms with Gasteiger partial charge in [0.05, 0.1) is 19.3 Å². The van der Waals surface area contributed by atoms with E-state index in [2.05, 4.69) is 0 Å². The number of benzene rings is 1. The van der Waals surface area contributed by atoms with Crippen LogP contribution < -0.4 is 5.73 Å². The third kappa shape index (κ3) is 3.75. The zero-order valence-electron chi connectivity index (χ0n) is 7.61. The Morgan fingerprint density at radius 1 is 1.57 bits per heavy atom. The second-order valence-corrected chi connectivity index (χ2v) is 3.32. The summed E-state index contributed by atoms with van der Waals surface area (Å²) in [5, 5.41) is 9.08. The van der Waals surface area contributed by atoms with Crippen LogP contribution in [-0.4, -0.2) is 12.6 Å². The lowest BCUT2D eigenvalue weighted by molar-refractivity contribution is 0.117. The second-order valence-electron chi connectivity index (χ2n) is 2.88. The molecule has 0 aliphatic rings. The number of nitrogens with two attached hydrogens (primary N) is 1. The normalized spacial score (nSPS) is 12.1. The Hall–Kier alpha value is -1.08. The van der Waals surface area contributed by atoms with Gasteiger partial charge in [-0.15, -0.1) is 0 Å². The highest BCUT2D eigenvalue weighted by atomic mass is 35.5. The van der Waals surface area contributed by atoms with Crippen molar-refractivity contribution in [2.75, 3.05) is 6.61 Å². The van der Waals surface area contributed by atoms with Crippen LogP contribution in [-0.2, 0) is 11.3 Å². The zero-order valence-corrected chi connectivity index (χ0v) is 8.37. The molecule has 3 nitrogen and oxygen atoms in total. The minimum atomic E-state index is -0.561. The summed E-state index contributed by atoms with van der Waals surface area (Å²) in [6, 6.07) is 8.70. The van der Waals surface area contributed by atoms with Crippen molar-refractivity contribution in [2.45, 2.75) is 12.6 Å². The van der Waals surface area contributed by atoms with Gasteiger partial charge in [-0.2, -0.15) is 5.26 Å². The maximum absolute atomic E-state index is 8.40. The average Bonchev–Trinajstić information content (AvgIpc) is 2.17. The predicted molar refractivity (Wildman–Crippen MR) is 54.7 cm³/mol. The Labute approximate surface area is 88.0 Å². The molecule has 1 aromatic carbocycles. The van der Waals surface area contributed by atoms with E-state index in [0.29, 0.717) is 11.6 Å². The van der Waals surface area contributed by atoms with Crippen LogP contribution in [0.2, 0.25) is 5.02 Å². The Bertz CT molecular complexity index is 335. The molecule has 14 heavy (non-hydrogen) atoms. The number of nitriles is 1. The molecule has 0 heterocycles. The fraction of sp³-hybridized carbons (Fsp3) is 0.300. The van der Waals surface area contributed by atoms with Gasteiger partial charge in [-0.3, -0.25) is 0 Å². The van der Waals surface area contributed by atoms with Crippen molar-refractivity contribution in [3.63, 3.8) is 0 Å². The Balaban J connectivity index is 2.36. The van der Waals surface area contributed by atoms with E-state index in [1.807, 2.05) is 24.3 Å². The molecule has 0 radical (unpaired) electrons. The minimum Gasteiger partial charge on any atom is -0.374 e. The highest BCUT2D eigenvalue weighted by Gasteiger charge is 2.00. The quantitative estimate of drug-likeness (QED) is 0.823. The molecule has 0 saturated heterocycles. The molecule has 0 saturated carbocycles. The molecular formula is C10H11ClN2O. The van der Waals surface area contributed by atoms with E-state index in [4.69, 9.17) is 27.3 Å². The van der Waals surface area contributed by atoms with Crippen LogP contribution in [0.3, 0.4) is 0 Å². The first-order valence-electron chi connectivity index (χ1n) is 4.20. The van der Waals surface area contributed by atoms with Gasteiger partial charge in [0.15, 0.2) is 0 Å². The maximum atomic E-state index is 8.40. The van der Waals surface area contributed by atoms with Gasteiger partial charge in [-0.25, -0.2) is 0 Å². The summed E-state index contributed by atoms with van der Waals surface area (Å²) in [5.74, 6) is 0. The summed E-state index contributed by atoms with van der Waals surface area (Å²) in [4.78, 5) is 0.